The Labute approximate surface area is 72.4 Å². The van der Waals surface area contributed by atoms with Crippen molar-refractivity contribution in [2.24, 2.45) is 11.8 Å². The van der Waals surface area contributed by atoms with Gasteiger partial charge in [0, 0.05) is 11.6 Å². The van der Waals surface area contributed by atoms with Crippen LogP contribution in [0.5, 0.6) is 0 Å². The Morgan fingerprint density at radius 1 is 1.82 bits per heavy atom. The molecule has 0 bridgehead atoms. The minimum absolute atomic E-state index is 0.235. The molecule has 11 heavy (non-hydrogen) atoms. The maximum atomic E-state index is 8.88. The standard InChI is InChI=1S/C9H13ClO/c1-7(6-11)8-3-2-4-9(10)5-8/h2-4,7-8,11H,5-6H2,1H3/t7-,8?/m1/s1. The average Bonchev–Trinajstić information content (AvgIpc) is 2.03. The van der Waals surface area contributed by atoms with Crippen LogP contribution in [0.15, 0.2) is 23.3 Å². The molecule has 62 valence electrons. The zero-order valence-corrected chi connectivity index (χ0v) is 7.38. The second-order valence-corrected chi connectivity index (χ2v) is 3.51. The van der Waals surface area contributed by atoms with Gasteiger partial charge in [-0.15, -0.1) is 0 Å². The summed E-state index contributed by atoms with van der Waals surface area (Å²) in [4.78, 5) is 0. The first-order valence-corrected chi connectivity index (χ1v) is 4.25. The van der Waals surface area contributed by atoms with E-state index >= 15 is 0 Å². The van der Waals surface area contributed by atoms with Crippen molar-refractivity contribution in [2.45, 2.75) is 13.3 Å². The number of aliphatic hydroxyl groups excluding tert-OH is 1. The minimum Gasteiger partial charge on any atom is -0.396 e. The monoisotopic (exact) mass is 172 g/mol. The number of aliphatic hydroxyl groups is 1. The van der Waals surface area contributed by atoms with Crippen LogP contribution in [0.25, 0.3) is 0 Å². The molecule has 0 spiro atoms. The Bertz CT molecular complexity index is 184. The largest absolute Gasteiger partial charge is 0.396 e. The van der Waals surface area contributed by atoms with Crippen molar-refractivity contribution in [3.63, 3.8) is 0 Å². The molecule has 0 aromatic carbocycles. The summed E-state index contributed by atoms with van der Waals surface area (Å²) in [7, 11) is 0. The molecule has 1 aliphatic rings. The van der Waals surface area contributed by atoms with Gasteiger partial charge >= 0.3 is 0 Å². The maximum Gasteiger partial charge on any atom is 0.0462 e. The molecule has 0 fully saturated rings. The Hall–Kier alpha value is -0.270. The van der Waals surface area contributed by atoms with Crippen molar-refractivity contribution in [2.75, 3.05) is 6.61 Å². The summed E-state index contributed by atoms with van der Waals surface area (Å²) < 4.78 is 0. The van der Waals surface area contributed by atoms with E-state index in [-0.39, 0.29) is 6.61 Å². The Kier molecular flexibility index (Phi) is 3.16. The van der Waals surface area contributed by atoms with Crippen molar-refractivity contribution in [1.82, 2.24) is 0 Å². The Morgan fingerprint density at radius 3 is 3.09 bits per heavy atom. The Balaban J connectivity index is 2.52. The highest BCUT2D eigenvalue weighted by Crippen LogP contribution is 2.26. The minimum atomic E-state index is 0.235. The van der Waals surface area contributed by atoms with Crippen molar-refractivity contribution in [3.05, 3.63) is 23.3 Å². The molecule has 0 aromatic heterocycles. The molecular weight excluding hydrogens is 160 g/mol. The second-order valence-electron chi connectivity index (χ2n) is 3.03. The molecule has 0 saturated carbocycles. The molecule has 2 atom stereocenters. The van der Waals surface area contributed by atoms with Crippen molar-refractivity contribution >= 4 is 11.6 Å². The third-order valence-electron chi connectivity index (χ3n) is 2.08. The van der Waals surface area contributed by atoms with Gasteiger partial charge in [0.25, 0.3) is 0 Å². The molecule has 1 aliphatic carbocycles. The van der Waals surface area contributed by atoms with E-state index < -0.39 is 0 Å². The number of allylic oxidation sites excluding steroid dienone is 4. The Morgan fingerprint density at radius 2 is 2.55 bits per heavy atom. The van der Waals surface area contributed by atoms with Gasteiger partial charge in [-0.25, -0.2) is 0 Å². The SMILES string of the molecule is C[C@H](CO)C1C=CC=C(Cl)C1. The van der Waals surface area contributed by atoms with Crippen LogP contribution < -0.4 is 0 Å². The molecule has 1 unspecified atom stereocenters. The predicted molar refractivity (Wildman–Crippen MR) is 47.4 cm³/mol. The molecule has 0 amide bonds. The number of rotatable bonds is 2. The second kappa shape index (κ2) is 3.93. The van der Waals surface area contributed by atoms with Gasteiger partial charge in [-0.1, -0.05) is 30.7 Å². The molecule has 0 heterocycles. The quantitative estimate of drug-likeness (QED) is 0.678. The van der Waals surface area contributed by atoms with Gasteiger partial charge in [-0.2, -0.15) is 0 Å². The lowest BCUT2D eigenvalue weighted by atomic mass is 9.89. The summed E-state index contributed by atoms with van der Waals surface area (Å²) in [5, 5.41) is 9.76. The molecule has 0 aliphatic heterocycles. The fourth-order valence-electron chi connectivity index (χ4n) is 1.19. The van der Waals surface area contributed by atoms with Crippen molar-refractivity contribution < 1.29 is 5.11 Å². The molecule has 1 N–H and O–H groups in total. The topological polar surface area (TPSA) is 20.2 Å². The molecule has 0 saturated heterocycles. The van der Waals surface area contributed by atoms with E-state index in [1.54, 1.807) is 0 Å². The lowest BCUT2D eigenvalue weighted by Crippen LogP contribution is -2.14. The lowest BCUT2D eigenvalue weighted by Gasteiger charge is -2.20. The first-order valence-electron chi connectivity index (χ1n) is 3.87. The third kappa shape index (κ3) is 2.35. The van der Waals surface area contributed by atoms with Gasteiger partial charge in [0.05, 0.1) is 0 Å². The van der Waals surface area contributed by atoms with Crippen LogP contribution in [0.1, 0.15) is 13.3 Å². The lowest BCUT2D eigenvalue weighted by molar-refractivity contribution is 0.206. The average molecular weight is 173 g/mol. The van der Waals surface area contributed by atoms with Crippen LogP contribution in [0.3, 0.4) is 0 Å². The summed E-state index contributed by atoms with van der Waals surface area (Å²) in [6, 6.07) is 0. The summed E-state index contributed by atoms with van der Waals surface area (Å²) in [5.41, 5.74) is 0. The highest BCUT2D eigenvalue weighted by Gasteiger charge is 2.16. The highest BCUT2D eigenvalue weighted by molar-refractivity contribution is 6.29. The highest BCUT2D eigenvalue weighted by atomic mass is 35.5. The first-order chi connectivity index (χ1) is 5.24. The molecule has 1 rings (SSSR count). The van der Waals surface area contributed by atoms with E-state index in [1.165, 1.54) is 0 Å². The van der Waals surface area contributed by atoms with Gasteiger partial charge < -0.3 is 5.11 Å². The molecule has 0 aromatic rings. The van der Waals surface area contributed by atoms with Crippen LogP contribution in [-0.4, -0.2) is 11.7 Å². The smallest absolute Gasteiger partial charge is 0.0462 e. The zero-order valence-electron chi connectivity index (χ0n) is 6.63. The summed E-state index contributed by atoms with van der Waals surface area (Å²) in [6.07, 6.45) is 6.84. The van der Waals surface area contributed by atoms with Gasteiger partial charge in [-0.3, -0.25) is 0 Å². The summed E-state index contributed by atoms with van der Waals surface area (Å²) in [6.45, 7) is 2.27. The van der Waals surface area contributed by atoms with Crippen LogP contribution in [0.2, 0.25) is 0 Å². The van der Waals surface area contributed by atoms with E-state index in [0.29, 0.717) is 11.8 Å². The fourth-order valence-corrected chi connectivity index (χ4v) is 1.44. The molecule has 0 radical (unpaired) electrons. The van der Waals surface area contributed by atoms with E-state index in [2.05, 4.69) is 6.08 Å². The molecule has 2 heteroatoms. The third-order valence-corrected chi connectivity index (χ3v) is 2.37. The van der Waals surface area contributed by atoms with Gasteiger partial charge in [-0.05, 0) is 24.3 Å². The van der Waals surface area contributed by atoms with Gasteiger partial charge in [0.2, 0.25) is 0 Å². The number of hydrogen-bond donors (Lipinski definition) is 1. The first kappa shape index (κ1) is 8.82. The van der Waals surface area contributed by atoms with Gasteiger partial charge in [0.1, 0.15) is 0 Å². The number of halogens is 1. The van der Waals surface area contributed by atoms with Crippen LogP contribution in [-0.2, 0) is 0 Å². The molecular formula is C9H13ClO. The number of hydrogen-bond acceptors (Lipinski definition) is 1. The van der Waals surface area contributed by atoms with Crippen molar-refractivity contribution in [3.8, 4) is 0 Å². The van der Waals surface area contributed by atoms with Crippen molar-refractivity contribution in [1.29, 1.82) is 0 Å². The zero-order chi connectivity index (χ0) is 8.27. The summed E-state index contributed by atoms with van der Waals surface area (Å²) >= 11 is 5.84. The van der Waals surface area contributed by atoms with E-state index in [1.807, 2.05) is 19.1 Å². The van der Waals surface area contributed by atoms with Crippen LogP contribution in [0.4, 0.5) is 0 Å². The normalized spacial score (nSPS) is 26.5. The van der Waals surface area contributed by atoms with E-state index in [9.17, 15) is 0 Å². The predicted octanol–water partition coefficient (Wildman–Crippen LogP) is 2.31. The van der Waals surface area contributed by atoms with E-state index in [4.69, 9.17) is 16.7 Å². The maximum absolute atomic E-state index is 8.88. The summed E-state index contributed by atoms with van der Waals surface area (Å²) in [5.74, 6) is 0.728. The molecule has 1 nitrogen and oxygen atoms in total. The van der Waals surface area contributed by atoms with E-state index in [0.717, 1.165) is 11.5 Å². The van der Waals surface area contributed by atoms with Crippen LogP contribution in [0, 0.1) is 11.8 Å². The fraction of sp³-hybridized carbons (Fsp3) is 0.556. The van der Waals surface area contributed by atoms with Gasteiger partial charge in [0.15, 0.2) is 0 Å². The van der Waals surface area contributed by atoms with Crippen LogP contribution >= 0.6 is 11.6 Å².